The fourth-order valence-electron chi connectivity index (χ4n) is 9.76. The third-order valence-electron chi connectivity index (χ3n) is 12.5. The van der Waals surface area contributed by atoms with E-state index in [1.54, 1.807) is 0 Å². The van der Waals surface area contributed by atoms with E-state index in [0.717, 1.165) is 39.1 Å². The molecule has 1 aliphatic carbocycles. The van der Waals surface area contributed by atoms with Gasteiger partial charge >= 0.3 is 0 Å². The molecule has 0 spiro atoms. The van der Waals surface area contributed by atoms with Crippen LogP contribution in [0, 0.1) is 0 Å². The van der Waals surface area contributed by atoms with Crippen molar-refractivity contribution in [1.29, 1.82) is 0 Å². The molecule has 3 aromatic heterocycles. The molecular weight excluding hydrogens is 709 g/mol. The van der Waals surface area contributed by atoms with Crippen LogP contribution in [0.2, 0.25) is 0 Å². The molecular formula is C54H34N2O2. The summed E-state index contributed by atoms with van der Waals surface area (Å²) in [4.78, 5) is 0. The molecule has 4 nitrogen and oxygen atoms in total. The first-order valence-electron chi connectivity index (χ1n) is 20.0. The maximum absolute atomic E-state index is 6.27. The maximum atomic E-state index is 6.27. The molecule has 0 fully saturated rings. The molecule has 0 bridgehead atoms. The summed E-state index contributed by atoms with van der Waals surface area (Å²) in [5.41, 5.74) is 14.8. The van der Waals surface area contributed by atoms with Crippen LogP contribution >= 0.6 is 0 Å². The molecule has 0 saturated heterocycles. The minimum absolute atomic E-state index is 0.0800. The zero-order chi connectivity index (χ0) is 37.9. The van der Waals surface area contributed by atoms with Gasteiger partial charge < -0.3 is 18.3 Å². The monoisotopic (exact) mass is 742 g/mol. The number of nitrogens with zero attached hydrogens (tertiary/aromatic N) is 2. The lowest BCUT2D eigenvalue weighted by Gasteiger charge is -2.14. The van der Waals surface area contributed by atoms with Gasteiger partial charge in [0.1, 0.15) is 23.0 Å². The molecule has 0 N–H and O–H groups in total. The van der Waals surface area contributed by atoms with Gasteiger partial charge in [0.2, 0.25) is 0 Å². The standard InChI is InChI=1S/C54H34N2O2/c1-5-16-47-39(12-1)43-28-33(35-22-26-53-45(30-35)41-14-3-7-18-51(41)57-53)20-24-49(43)55(47)37-10-9-11-38(32-37)56-48-17-6-2-13-40(48)44-29-34(21-25-50(44)56)36-23-27-54-46(31-36)42-15-4-8-19-52(42)58-54/h1-32,41,51H. The lowest BCUT2D eigenvalue weighted by molar-refractivity contribution is 0.269. The van der Waals surface area contributed by atoms with Gasteiger partial charge in [0.25, 0.3) is 0 Å². The highest BCUT2D eigenvalue weighted by Gasteiger charge is 2.32. The van der Waals surface area contributed by atoms with Crippen molar-refractivity contribution >= 4 is 65.6 Å². The number of allylic oxidation sites excluding steroid dienone is 2. The topological polar surface area (TPSA) is 32.2 Å². The van der Waals surface area contributed by atoms with Crippen LogP contribution < -0.4 is 4.74 Å². The third-order valence-corrected chi connectivity index (χ3v) is 12.5. The van der Waals surface area contributed by atoms with Crippen LogP contribution in [0.25, 0.3) is 99.2 Å². The number of furan rings is 1. The van der Waals surface area contributed by atoms with Crippen molar-refractivity contribution in [2.45, 2.75) is 12.0 Å². The SMILES string of the molecule is C1=CC2Oc3ccc(-c4ccc5c(c4)c4ccccc4n5-c4cccc(-n5c6ccccc6c6cc(-c7ccc8oc9ccccc9c8c7)ccc65)c4)cc3C2C=C1. The van der Waals surface area contributed by atoms with E-state index in [-0.39, 0.29) is 12.0 Å². The van der Waals surface area contributed by atoms with Crippen molar-refractivity contribution in [3.05, 3.63) is 200 Å². The predicted molar refractivity (Wildman–Crippen MR) is 239 cm³/mol. The van der Waals surface area contributed by atoms with Crippen LogP contribution in [0.5, 0.6) is 5.75 Å². The molecule has 2 unspecified atom stereocenters. The van der Waals surface area contributed by atoms with Crippen LogP contribution in [-0.2, 0) is 0 Å². The third kappa shape index (κ3) is 4.57. The van der Waals surface area contributed by atoms with Crippen molar-refractivity contribution in [3.63, 3.8) is 0 Å². The van der Waals surface area contributed by atoms with Crippen LogP contribution in [-0.4, -0.2) is 15.2 Å². The van der Waals surface area contributed by atoms with Crippen LogP contribution in [0.1, 0.15) is 11.5 Å². The van der Waals surface area contributed by atoms with Crippen molar-refractivity contribution in [2.75, 3.05) is 0 Å². The number of ether oxygens (including phenoxy) is 1. The molecule has 58 heavy (non-hydrogen) atoms. The first-order valence-corrected chi connectivity index (χ1v) is 20.0. The predicted octanol–water partition coefficient (Wildman–Crippen LogP) is 14.1. The Morgan fingerprint density at radius 1 is 0.379 bits per heavy atom. The Bertz CT molecular complexity index is 3570. The molecule has 4 heterocycles. The van der Waals surface area contributed by atoms with E-state index in [2.05, 4.69) is 191 Å². The molecule has 8 aromatic carbocycles. The van der Waals surface area contributed by atoms with Crippen molar-refractivity contribution in [2.24, 2.45) is 0 Å². The number of hydrogen-bond acceptors (Lipinski definition) is 2. The number of hydrogen-bond donors (Lipinski definition) is 0. The summed E-state index contributed by atoms with van der Waals surface area (Å²) in [7, 11) is 0. The second-order valence-corrected chi connectivity index (χ2v) is 15.6. The molecule has 2 aliphatic rings. The highest BCUT2D eigenvalue weighted by molar-refractivity contribution is 6.12. The molecule has 0 radical (unpaired) electrons. The van der Waals surface area contributed by atoms with E-state index in [1.165, 1.54) is 71.4 Å². The summed E-state index contributed by atoms with van der Waals surface area (Å²) in [6, 6.07) is 61.8. The molecule has 11 aromatic rings. The molecule has 0 saturated carbocycles. The van der Waals surface area contributed by atoms with Gasteiger partial charge in [-0.15, -0.1) is 0 Å². The van der Waals surface area contributed by atoms with E-state index in [9.17, 15) is 0 Å². The average molecular weight is 743 g/mol. The molecule has 0 amide bonds. The van der Waals surface area contributed by atoms with Gasteiger partial charge in [-0.3, -0.25) is 0 Å². The van der Waals surface area contributed by atoms with Gasteiger partial charge in [0, 0.05) is 55.2 Å². The van der Waals surface area contributed by atoms with E-state index >= 15 is 0 Å². The smallest absolute Gasteiger partial charge is 0.135 e. The Hall–Kier alpha value is -7.56. The molecule has 272 valence electrons. The largest absolute Gasteiger partial charge is 0.485 e. The minimum atomic E-state index is 0.0800. The van der Waals surface area contributed by atoms with E-state index in [4.69, 9.17) is 9.15 Å². The Labute approximate surface area is 333 Å². The van der Waals surface area contributed by atoms with Gasteiger partial charge in [-0.25, -0.2) is 0 Å². The summed E-state index contributed by atoms with van der Waals surface area (Å²) < 4.78 is 17.2. The number of benzene rings is 8. The Morgan fingerprint density at radius 3 is 1.62 bits per heavy atom. The summed E-state index contributed by atoms with van der Waals surface area (Å²) in [6.45, 7) is 0. The summed E-state index contributed by atoms with van der Waals surface area (Å²) in [5, 5.41) is 7.21. The molecule has 2 atom stereocenters. The highest BCUT2D eigenvalue weighted by Crippen LogP contribution is 2.44. The van der Waals surface area contributed by atoms with Gasteiger partial charge in [-0.2, -0.15) is 0 Å². The average Bonchev–Trinajstić information content (AvgIpc) is 4.03. The van der Waals surface area contributed by atoms with E-state index < -0.39 is 0 Å². The Balaban J connectivity index is 0.935. The number of fused-ring (bicyclic) bond motifs is 12. The van der Waals surface area contributed by atoms with Gasteiger partial charge in [0.05, 0.1) is 22.1 Å². The number of rotatable bonds is 4. The zero-order valence-electron chi connectivity index (χ0n) is 31.3. The molecule has 13 rings (SSSR count). The van der Waals surface area contributed by atoms with Gasteiger partial charge in [-0.05, 0) is 113 Å². The number of para-hydroxylation sites is 3. The Kier molecular flexibility index (Phi) is 6.53. The van der Waals surface area contributed by atoms with Gasteiger partial charge in [0.15, 0.2) is 0 Å². The Morgan fingerprint density at radius 2 is 0.914 bits per heavy atom. The normalized spacial score (nSPS) is 15.9. The van der Waals surface area contributed by atoms with E-state index in [0.29, 0.717) is 0 Å². The summed E-state index contributed by atoms with van der Waals surface area (Å²) >= 11 is 0. The first kappa shape index (κ1) is 31.6. The first-order chi connectivity index (χ1) is 28.7. The molecule has 1 aliphatic heterocycles. The highest BCUT2D eigenvalue weighted by atomic mass is 16.5. The van der Waals surface area contributed by atoms with Gasteiger partial charge in [-0.1, -0.05) is 103 Å². The fraction of sp³-hybridized carbons (Fsp3) is 0.0370. The van der Waals surface area contributed by atoms with Crippen molar-refractivity contribution < 1.29 is 9.15 Å². The second-order valence-electron chi connectivity index (χ2n) is 15.6. The summed E-state index contributed by atoms with van der Waals surface area (Å²) in [5.74, 6) is 1.24. The quantitative estimate of drug-likeness (QED) is 0.180. The lowest BCUT2D eigenvalue weighted by Crippen LogP contribution is -2.15. The van der Waals surface area contributed by atoms with Crippen LogP contribution in [0.4, 0.5) is 0 Å². The van der Waals surface area contributed by atoms with Crippen molar-refractivity contribution in [1.82, 2.24) is 9.13 Å². The zero-order valence-corrected chi connectivity index (χ0v) is 31.3. The maximum Gasteiger partial charge on any atom is 0.135 e. The fourth-order valence-corrected chi connectivity index (χ4v) is 9.76. The second kappa shape index (κ2) is 12.0. The van der Waals surface area contributed by atoms with Crippen LogP contribution in [0.15, 0.2) is 199 Å². The van der Waals surface area contributed by atoms with E-state index in [1.807, 2.05) is 12.1 Å². The molecule has 4 heteroatoms. The summed E-state index contributed by atoms with van der Waals surface area (Å²) in [6.07, 6.45) is 8.70. The van der Waals surface area contributed by atoms with Crippen molar-refractivity contribution in [3.8, 4) is 39.4 Å². The van der Waals surface area contributed by atoms with Crippen LogP contribution in [0.3, 0.4) is 0 Å². The lowest BCUT2D eigenvalue weighted by atomic mass is 9.90. The number of aromatic nitrogens is 2. The minimum Gasteiger partial charge on any atom is -0.485 e.